The lowest BCUT2D eigenvalue weighted by Crippen LogP contribution is -2.37. The topological polar surface area (TPSA) is 118 Å². The van der Waals surface area contributed by atoms with Crippen LogP contribution in [0.25, 0.3) is 0 Å². The van der Waals surface area contributed by atoms with E-state index < -0.39 is 24.4 Å². The first kappa shape index (κ1) is 21.3. The number of hydrogen-bond donors (Lipinski definition) is 2. The summed E-state index contributed by atoms with van der Waals surface area (Å²) in [5.41, 5.74) is 0.403. The Morgan fingerprint density at radius 2 is 1.93 bits per heavy atom. The number of nitrogens with zero attached hydrogens (tertiary/aromatic N) is 2. The van der Waals surface area contributed by atoms with Crippen molar-refractivity contribution in [1.29, 1.82) is 0 Å². The number of halogens is 1. The summed E-state index contributed by atoms with van der Waals surface area (Å²) in [4.78, 5) is 51.9. The number of nitrogens with one attached hydrogen (secondary N) is 2. The van der Waals surface area contributed by atoms with Crippen LogP contribution in [0.3, 0.4) is 0 Å². The van der Waals surface area contributed by atoms with E-state index in [-0.39, 0.29) is 23.3 Å². The van der Waals surface area contributed by atoms with Crippen LogP contribution in [0.15, 0.2) is 29.6 Å². The van der Waals surface area contributed by atoms with Gasteiger partial charge >= 0.3 is 5.97 Å². The van der Waals surface area contributed by atoms with Crippen LogP contribution in [0, 0.1) is 0 Å². The molecule has 9 nitrogen and oxygen atoms in total. The molecule has 0 aliphatic rings. The second kappa shape index (κ2) is 9.81. The SMILES string of the molecule is CC(=O)Nc1nc(C(=O)OCC(=O)N(C)CC(=O)Nc2ccccc2Cl)cs1. The Labute approximate surface area is 169 Å². The number of ether oxygens (including phenoxy) is 1. The molecule has 1 aromatic carbocycles. The molecule has 0 atom stereocenters. The summed E-state index contributed by atoms with van der Waals surface area (Å²) < 4.78 is 4.90. The van der Waals surface area contributed by atoms with Crippen molar-refractivity contribution in [3.05, 3.63) is 40.4 Å². The minimum atomic E-state index is -0.810. The molecule has 1 heterocycles. The molecule has 1 aromatic heterocycles. The number of benzene rings is 1. The second-order valence-corrected chi connectivity index (χ2v) is 6.84. The van der Waals surface area contributed by atoms with E-state index in [9.17, 15) is 19.2 Å². The predicted molar refractivity (Wildman–Crippen MR) is 104 cm³/mol. The fourth-order valence-electron chi connectivity index (χ4n) is 1.94. The van der Waals surface area contributed by atoms with E-state index in [1.165, 1.54) is 19.4 Å². The van der Waals surface area contributed by atoms with Gasteiger partial charge < -0.3 is 20.3 Å². The highest BCUT2D eigenvalue weighted by Crippen LogP contribution is 2.20. The van der Waals surface area contributed by atoms with E-state index in [1.54, 1.807) is 24.3 Å². The molecule has 2 rings (SSSR count). The summed E-state index contributed by atoms with van der Waals surface area (Å²) in [7, 11) is 1.40. The maximum atomic E-state index is 12.1. The van der Waals surface area contributed by atoms with E-state index in [4.69, 9.17) is 16.3 Å². The van der Waals surface area contributed by atoms with Gasteiger partial charge in [0, 0.05) is 19.4 Å². The maximum absolute atomic E-state index is 12.1. The van der Waals surface area contributed by atoms with Gasteiger partial charge in [0.25, 0.3) is 5.91 Å². The lowest BCUT2D eigenvalue weighted by molar-refractivity contribution is -0.136. The van der Waals surface area contributed by atoms with Crippen molar-refractivity contribution in [3.63, 3.8) is 0 Å². The van der Waals surface area contributed by atoms with Gasteiger partial charge in [-0.05, 0) is 12.1 Å². The van der Waals surface area contributed by atoms with Gasteiger partial charge in [-0.3, -0.25) is 14.4 Å². The molecule has 0 aliphatic carbocycles. The van der Waals surface area contributed by atoms with Gasteiger partial charge in [0.1, 0.15) is 0 Å². The molecule has 0 fully saturated rings. The van der Waals surface area contributed by atoms with Gasteiger partial charge in [-0.15, -0.1) is 11.3 Å². The molecule has 11 heteroatoms. The zero-order chi connectivity index (χ0) is 20.7. The van der Waals surface area contributed by atoms with Crippen molar-refractivity contribution < 1.29 is 23.9 Å². The fraction of sp³-hybridized carbons (Fsp3) is 0.235. The maximum Gasteiger partial charge on any atom is 0.358 e. The number of carbonyl (C=O) groups is 4. The van der Waals surface area contributed by atoms with E-state index >= 15 is 0 Å². The number of hydrogen-bond acceptors (Lipinski definition) is 7. The normalized spacial score (nSPS) is 10.1. The number of carbonyl (C=O) groups excluding carboxylic acids is 4. The van der Waals surface area contributed by atoms with Crippen LogP contribution in [-0.2, 0) is 19.1 Å². The Bertz CT molecular complexity index is 901. The first-order valence-corrected chi connectivity index (χ1v) is 9.20. The predicted octanol–water partition coefficient (Wildman–Crippen LogP) is 2.01. The zero-order valence-electron chi connectivity index (χ0n) is 15.0. The van der Waals surface area contributed by atoms with Crippen molar-refractivity contribution in [2.75, 3.05) is 30.8 Å². The summed E-state index contributed by atoms with van der Waals surface area (Å²) in [6.45, 7) is 0.516. The molecule has 148 valence electrons. The van der Waals surface area contributed by atoms with Gasteiger partial charge in [-0.1, -0.05) is 23.7 Å². The number of esters is 1. The number of para-hydroxylation sites is 1. The Hall–Kier alpha value is -2.98. The fourth-order valence-corrected chi connectivity index (χ4v) is 2.85. The molecular weight excluding hydrogens is 408 g/mol. The van der Waals surface area contributed by atoms with Crippen LogP contribution in [0.4, 0.5) is 10.8 Å². The van der Waals surface area contributed by atoms with Gasteiger partial charge in [0.15, 0.2) is 17.4 Å². The van der Waals surface area contributed by atoms with Gasteiger partial charge in [-0.2, -0.15) is 0 Å². The summed E-state index contributed by atoms with van der Waals surface area (Å²) in [5.74, 6) is -2.15. The number of rotatable bonds is 7. The lowest BCUT2D eigenvalue weighted by Gasteiger charge is -2.17. The molecule has 0 aliphatic heterocycles. The van der Waals surface area contributed by atoms with E-state index in [0.717, 1.165) is 16.2 Å². The summed E-state index contributed by atoms with van der Waals surface area (Å²) in [6, 6.07) is 6.70. The van der Waals surface area contributed by atoms with Crippen LogP contribution in [0.1, 0.15) is 17.4 Å². The third-order valence-electron chi connectivity index (χ3n) is 3.28. The quantitative estimate of drug-likeness (QED) is 0.656. The Kier molecular flexibility index (Phi) is 7.47. The van der Waals surface area contributed by atoms with Crippen LogP contribution < -0.4 is 10.6 Å². The smallest absolute Gasteiger partial charge is 0.358 e. The first-order valence-electron chi connectivity index (χ1n) is 7.95. The average molecular weight is 425 g/mol. The molecule has 0 bridgehead atoms. The number of amides is 3. The third kappa shape index (κ3) is 6.32. The Morgan fingerprint density at radius 3 is 2.61 bits per heavy atom. The monoisotopic (exact) mass is 424 g/mol. The molecule has 0 spiro atoms. The highest BCUT2D eigenvalue weighted by Gasteiger charge is 2.18. The van der Waals surface area contributed by atoms with Crippen LogP contribution in [0.2, 0.25) is 5.02 Å². The summed E-state index contributed by atoms with van der Waals surface area (Å²) in [5, 5.41) is 7.06. The van der Waals surface area contributed by atoms with Crippen LogP contribution in [0.5, 0.6) is 0 Å². The number of thiazole rings is 1. The van der Waals surface area contributed by atoms with E-state index in [1.807, 2.05) is 0 Å². The summed E-state index contributed by atoms with van der Waals surface area (Å²) in [6.07, 6.45) is 0. The highest BCUT2D eigenvalue weighted by atomic mass is 35.5. The van der Waals surface area contributed by atoms with Gasteiger partial charge in [0.2, 0.25) is 11.8 Å². The molecule has 3 amide bonds. The Balaban J connectivity index is 1.81. The number of anilines is 2. The van der Waals surface area contributed by atoms with Crippen molar-refractivity contribution in [1.82, 2.24) is 9.88 Å². The van der Waals surface area contributed by atoms with Crippen molar-refractivity contribution in [2.45, 2.75) is 6.92 Å². The minimum absolute atomic E-state index is 0.0272. The molecule has 0 unspecified atom stereocenters. The molecule has 2 N–H and O–H groups in total. The van der Waals surface area contributed by atoms with E-state index in [2.05, 4.69) is 15.6 Å². The Morgan fingerprint density at radius 1 is 1.21 bits per heavy atom. The van der Waals surface area contributed by atoms with E-state index in [0.29, 0.717) is 10.7 Å². The standard InChI is InChI=1S/C17H17ClN4O5S/c1-10(23)19-17-21-13(9-28-17)16(26)27-8-15(25)22(2)7-14(24)20-12-6-4-3-5-11(12)18/h3-6,9H,7-8H2,1-2H3,(H,20,24)(H,19,21,23). The number of likely N-dealkylation sites (N-methyl/N-ethyl adjacent to an activating group) is 1. The highest BCUT2D eigenvalue weighted by molar-refractivity contribution is 7.14. The van der Waals surface area contributed by atoms with Gasteiger partial charge in [0.05, 0.1) is 17.3 Å². The van der Waals surface area contributed by atoms with Gasteiger partial charge in [-0.25, -0.2) is 9.78 Å². The molecule has 28 heavy (non-hydrogen) atoms. The number of aromatic nitrogens is 1. The molecule has 0 saturated carbocycles. The molecule has 2 aromatic rings. The van der Waals surface area contributed by atoms with Crippen LogP contribution >= 0.6 is 22.9 Å². The zero-order valence-corrected chi connectivity index (χ0v) is 16.6. The first-order chi connectivity index (χ1) is 13.3. The van der Waals surface area contributed by atoms with Crippen molar-refractivity contribution in [3.8, 4) is 0 Å². The lowest BCUT2D eigenvalue weighted by atomic mass is 10.3. The molecular formula is C17H17ClN4O5S. The summed E-state index contributed by atoms with van der Waals surface area (Å²) >= 11 is 7.01. The molecule has 0 saturated heterocycles. The largest absolute Gasteiger partial charge is 0.451 e. The second-order valence-electron chi connectivity index (χ2n) is 5.57. The van der Waals surface area contributed by atoms with Crippen molar-refractivity contribution in [2.24, 2.45) is 0 Å². The molecule has 0 radical (unpaired) electrons. The minimum Gasteiger partial charge on any atom is -0.451 e. The third-order valence-corrected chi connectivity index (χ3v) is 4.36. The average Bonchev–Trinajstić information content (AvgIpc) is 3.09. The van der Waals surface area contributed by atoms with Crippen molar-refractivity contribution >= 4 is 57.4 Å². The van der Waals surface area contributed by atoms with Crippen LogP contribution in [-0.4, -0.2) is 53.8 Å².